The predicted molar refractivity (Wildman–Crippen MR) is 70.0 cm³/mol. The lowest BCUT2D eigenvalue weighted by Gasteiger charge is -2.09. The highest BCUT2D eigenvalue weighted by Crippen LogP contribution is 2.32. The van der Waals surface area contributed by atoms with Crippen molar-refractivity contribution >= 4 is 34.2 Å². The molecule has 5 nitrogen and oxygen atoms in total. The average molecular weight is 254 g/mol. The zero-order valence-corrected chi connectivity index (χ0v) is 10.1. The third-order valence-electron chi connectivity index (χ3n) is 3.04. The molecule has 0 spiro atoms. The van der Waals surface area contributed by atoms with Crippen molar-refractivity contribution in [3.8, 4) is 0 Å². The van der Waals surface area contributed by atoms with Crippen molar-refractivity contribution < 1.29 is 14.4 Å². The molecule has 2 N–H and O–H groups in total. The van der Waals surface area contributed by atoms with Gasteiger partial charge in [-0.25, -0.2) is 0 Å². The molecule has 3 amide bonds. The third kappa shape index (κ3) is 1.67. The van der Waals surface area contributed by atoms with Crippen LogP contribution >= 0.6 is 0 Å². The summed E-state index contributed by atoms with van der Waals surface area (Å²) >= 11 is 0. The highest BCUT2D eigenvalue weighted by atomic mass is 16.2. The Balaban J connectivity index is 2.39. The molecule has 0 unspecified atom stereocenters. The first-order chi connectivity index (χ1) is 9.08. The molecule has 3 rings (SSSR count). The molecule has 1 heterocycles. The van der Waals surface area contributed by atoms with E-state index in [9.17, 15) is 14.4 Å². The smallest absolute Gasteiger partial charge is 0.261 e. The number of hydrogen-bond acceptors (Lipinski definition) is 3. The van der Waals surface area contributed by atoms with E-state index in [0.717, 1.165) is 5.39 Å². The molecule has 0 bridgehead atoms. The molecule has 19 heavy (non-hydrogen) atoms. The van der Waals surface area contributed by atoms with Gasteiger partial charge in [0, 0.05) is 6.92 Å². The standard InChI is InChI=1S/C14H10N2O3/c1-7(17)15-10-6-8-4-2-3-5-9(8)11-12(10)14(19)16-13(11)18/h2-6H,1H3,(H,15,17)(H,16,18,19). The number of anilines is 1. The van der Waals surface area contributed by atoms with Gasteiger partial charge in [0.05, 0.1) is 16.8 Å². The molecule has 0 saturated carbocycles. The van der Waals surface area contributed by atoms with Crippen molar-refractivity contribution in [1.82, 2.24) is 5.32 Å². The van der Waals surface area contributed by atoms with E-state index in [2.05, 4.69) is 10.6 Å². The fourth-order valence-electron chi connectivity index (χ4n) is 2.34. The Bertz CT molecular complexity index is 750. The van der Waals surface area contributed by atoms with Crippen LogP contribution in [0, 0.1) is 0 Å². The molecule has 1 aliphatic heterocycles. The van der Waals surface area contributed by atoms with Gasteiger partial charge in [-0.1, -0.05) is 24.3 Å². The van der Waals surface area contributed by atoms with Crippen LogP contribution in [0.3, 0.4) is 0 Å². The number of fused-ring (bicyclic) bond motifs is 3. The van der Waals surface area contributed by atoms with Gasteiger partial charge in [-0.05, 0) is 16.8 Å². The summed E-state index contributed by atoms with van der Waals surface area (Å²) in [4.78, 5) is 34.9. The van der Waals surface area contributed by atoms with Crippen molar-refractivity contribution in [2.24, 2.45) is 0 Å². The van der Waals surface area contributed by atoms with Gasteiger partial charge in [-0.15, -0.1) is 0 Å². The zero-order valence-electron chi connectivity index (χ0n) is 10.1. The summed E-state index contributed by atoms with van der Waals surface area (Å²) in [5.41, 5.74) is 0.926. The highest BCUT2D eigenvalue weighted by molar-refractivity contribution is 6.29. The number of carbonyl (C=O) groups is 3. The maximum absolute atomic E-state index is 11.9. The van der Waals surface area contributed by atoms with Crippen LogP contribution in [-0.4, -0.2) is 17.7 Å². The van der Waals surface area contributed by atoms with E-state index in [1.807, 2.05) is 12.1 Å². The van der Waals surface area contributed by atoms with Crippen molar-refractivity contribution in [2.45, 2.75) is 6.92 Å². The zero-order chi connectivity index (χ0) is 13.6. The molecular formula is C14H10N2O3. The molecule has 5 heteroatoms. The van der Waals surface area contributed by atoms with Crippen molar-refractivity contribution in [3.05, 3.63) is 41.5 Å². The van der Waals surface area contributed by atoms with E-state index >= 15 is 0 Å². The normalized spacial score (nSPS) is 13.3. The van der Waals surface area contributed by atoms with E-state index in [0.29, 0.717) is 16.6 Å². The molecule has 1 aliphatic rings. The number of amides is 3. The van der Waals surface area contributed by atoms with E-state index < -0.39 is 11.8 Å². The fourth-order valence-corrected chi connectivity index (χ4v) is 2.34. The van der Waals surface area contributed by atoms with E-state index in [-0.39, 0.29) is 11.5 Å². The second-order valence-electron chi connectivity index (χ2n) is 4.36. The lowest BCUT2D eigenvalue weighted by atomic mass is 9.98. The first kappa shape index (κ1) is 11.4. The maximum atomic E-state index is 11.9. The molecule has 0 fully saturated rings. The molecule has 0 saturated heterocycles. The Labute approximate surface area is 108 Å². The SMILES string of the molecule is CC(=O)Nc1cc2ccccc2c2c1C(=O)NC2=O. The van der Waals surface area contributed by atoms with E-state index in [1.165, 1.54) is 6.92 Å². The first-order valence-corrected chi connectivity index (χ1v) is 5.77. The Morgan fingerprint density at radius 2 is 1.79 bits per heavy atom. The minimum atomic E-state index is -0.477. The summed E-state index contributed by atoms with van der Waals surface area (Å²) in [5.74, 6) is -1.19. The average Bonchev–Trinajstić information content (AvgIpc) is 2.65. The maximum Gasteiger partial charge on any atom is 0.261 e. The number of carbonyl (C=O) groups excluding carboxylic acids is 3. The number of nitrogens with one attached hydrogen (secondary N) is 2. The second kappa shape index (κ2) is 3.91. The number of hydrogen-bond donors (Lipinski definition) is 2. The van der Waals surface area contributed by atoms with Crippen LogP contribution < -0.4 is 10.6 Å². The van der Waals surface area contributed by atoms with Gasteiger partial charge in [0.1, 0.15) is 0 Å². The van der Waals surface area contributed by atoms with Crippen molar-refractivity contribution in [3.63, 3.8) is 0 Å². The van der Waals surface area contributed by atoms with Crippen LogP contribution in [0.2, 0.25) is 0 Å². The third-order valence-corrected chi connectivity index (χ3v) is 3.04. The molecule has 2 aromatic rings. The van der Waals surface area contributed by atoms with Gasteiger partial charge >= 0.3 is 0 Å². The van der Waals surface area contributed by atoms with Gasteiger partial charge in [-0.3, -0.25) is 19.7 Å². The van der Waals surface area contributed by atoms with E-state index in [4.69, 9.17) is 0 Å². The highest BCUT2D eigenvalue weighted by Gasteiger charge is 2.32. The fraction of sp³-hybridized carbons (Fsp3) is 0.0714. The van der Waals surface area contributed by atoms with Crippen LogP contribution in [0.4, 0.5) is 5.69 Å². The molecule has 0 atom stereocenters. The van der Waals surface area contributed by atoms with Gasteiger partial charge in [0.15, 0.2) is 0 Å². The Morgan fingerprint density at radius 3 is 2.53 bits per heavy atom. The number of benzene rings is 2. The largest absolute Gasteiger partial charge is 0.326 e. The van der Waals surface area contributed by atoms with Crippen LogP contribution in [0.15, 0.2) is 30.3 Å². The quantitative estimate of drug-likeness (QED) is 0.760. The summed E-state index contributed by atoms with van der Waals surface area (Å²) < 4.78 is 0. The Kier molecular flexibility index (Phi) is 2.35. The van der Waals surface area contributed by atoms with Crippen molar-refractivity contribution in [2.75, 3.05) is 5.32 Å². The van der Waals surface area contributed by atoms with Gasteiger partial charge < -0.3 is 5.32 Å². The lowest BCUT2D eigenvalue weighted by molar-refractivity contribution is -0.114. The monoisotopic (exact) mass is 254 g/mol. The molecule has 94 valence electrons. The minimum absolute atomic E-state index is 0.235. The Morgan fingerprint density at radius 1 is 1.11 bits per heavy atom. The number of imide groups is 1. The summed E-state index contributed by atoms with van der Waals surface area (Å²) in [5, 5.41) is 6.36. The summed E-state index contributed by atoms with van der Waals surface area (Å²) in [6, 6.07) is 8.95. The van der Waals surface area contributed by atoms with Crippen LogP contribution in [0.1, 0.15) is 27.6 Å². The van der Waals surface area contributed by atoms with E-state index in [1.54, 1.807) is 18.2 Å². The minimum Gasteiger partial charge on any atom is -0.326 e. The van der Waals surface area contributed by atoms with Gasteiger partial charge in [-0.2, -0.15) is 0 Å². The predicted octanol–water partition coefficient (Wildman–Crippen LogP) is 1.68. The van der Waals surface area contributed by atoms with Crippen LogP contribution in [0.5, 0.6) is 0 Å². The second-order valence-corrected chi connectivity index (χ2v) is 4.36. The van der Waals surface area contributed by atoms with Crippen LogP contribution in [0.25, 0.3) is 10.8 Å². The lowest BCUT2D eigenvalue weighted by Crippen LogP contribution is -2.20. The molecular weight excluding hydrogens is 244 g/mol. The van der Waals surface area contributed by atoms with Crippen molar-refractivity contribution in [1.29, 1.82) is 0 Å². The van der Waals surface area contributed by atoms with Crippen LogP contribution in [-0.2, 0) is 4.79 Å². The molecule has 0 aliphatic carbocycles. The van der Waals surface area contributed by atoms with Gasteiger partial charge in [0.25, 0.3) is 11.8 Å². The summed E-state index contributed by atoms with van der Waals surface area (Å²) in [6.07, 6.45) is 0. The molecule has 0 aromatic heterocycles. The summed E-state index contributed by atoms with van der Waals surface area (Å²) in [6.45, 7) is 1.36. The summed E-state index contributed by atoms with van der Waals surface area (Å²) in [7, 11) is 0. The first-order valence-electron chi connectivity index (χ1n) is 5.77. The van der Waals surface area contributed by atoms with Gasteiger partial charge in [0.2, 0.25) is 5.91 Å². The number of rotatable bonds is 1. The topological polar surface area (TPSA) is 75.3 Å². The Hall–Kier alpha value is -2.69. The molecule has 0 radical (unpaired) electrons. The molecule has 2 aromatic carbocycles.